The van der Waals surface area contributed by atoms with Gasteiger partial charge in [0.15, 0.2) is 0 Å². The molecule has 0 spiro atoms. The van der Waals surface area contributed by atoms with Crippen molar-refractivity contribution in [2.24, 2.45) is 11.8 Å². The number of halogens is 2. The third-order valence-electron chi connectivity index (χ3n) is 3.78. The van der Waals surface area contributed by atoms with Crippen LogP contribution in [0, 0.1) is 11.8 Å². The Morgan fingerprint density at radius 1 is 1.30 bits per heavy atom. The van der Waals surface area contributed by atoms with E-state index >= 15 is 0 Å². The van der Waals surface area contributed by atoms with Gasteiger partial charge in [0.1, 0.15) is 0 Å². The van der Waals surface area contributed by atoms with Crippen molar-refractivity contribution < 1.29 is 4.79 Å². The Morgan fingerprint density at radius 3 is 2.45 bits per heavy atom. The molecule has 1 unspecified atom stereocenters. The topological polar surface area (TPSA) is 44.4 Å². The van der Waals surface area contributed by atoms with Gasteiger partial charge in [-0.15, -0.1) is 24.8 Å². The fourth-order valence-corrected chi connectivity index (χ4v) is 2.37. The molecule has 1 atom stereocenters. The van der Waals surface area contributed by atoms with Gasteiger partial charge in [-0.1, -0.05) is 13.8 Å². The van der Waals surface area contributed by atoms with Crippen LogP contribution in [0.2, 0.25) is 0 Å². The predicted octanol–water partition coefficient (Wildman–Crippen LogP) is 1.92. The SMILES string of the molecule is CNCC(C)C(=O)NCCCN1CCC(C)CC1.Cl.Cl. The van der Waals surface area contributed by atoms with Crippen molar-refractivity contribution in [1.82, 2.24) is 15.5 Å². The second-order valence-electron chi connectivity index (χ2n) is 5.63. The highest BCUT2D eigenvalue weighted by Gasteiger charge is 2.15. The van der Waals surface area contributed by atoms with Gasteiger partial charge in [-0.3, -0.25) is 4.79 Å². The van der Waals surface area contributed by atoms with Gasteiger partial charge in [-0.25, -0.2) is 0 Å². The molecule has 122 valence electrons. The number of rotatable bonds is 7. The number of hydrogen-bond acceptors (Lipinski definition) is 3. The lowest BCUT2D eigenvalue weighted by atomic mass is 9.99. The standard InChI is InChI=1S/C14H29N3O.2ClH/c1-12-5-9-17(10-6-12)8-4-7-16-14(18)13(2)11-15-3;;/h12-13,15H,4-11H2,1-3H3,(H,16,18);2*1H. The maximum absolute atomic E-state index is 11.7. The summed E-state index contributed by atoms with van der Waals surface area (Å²) in [5, 5.41) is 6.04. The minimum absolute atomic E-state index is 0. The van der Waals surface area contributed by atoms with E-state index in [2.05, 4.69) is 22.5 Å². The molecule has 1 rings (SSSR count). The molecular formula is C14H31Cl2N3O. The molecule has 20 heavy (non-hydrogen) atoms. The van der Waals surface area contributed by atoms with Crippen LogP contribution in [-0.4, -0.2) is 50.6 Å². The minimum atomic E-state index is 0. The van der Waals surface area contributed by atoms with Crippen molar-refractivity contribution in [3.63, 3.8) is 0 Å². The number of likely N-dealkylation sites (tertiary alicyclic amines) is 1. The molecule has 0 aromatic carbocycles. The van der Waals surface area contributed by atoms with E-state index in [4.69, 9.17) is 0 Å². The van der Waals surface area contributed by atoms with Crippen molar-refractivity contribution in [2.45, 2.75) is 33.1 Å². The summed E-state index contributed by atoms with van der Waals surface area (Å²) in [7, 11) is 1.88. The lowest BCUT2D eigenvalue weighted by Gasteiger charge is -2.30. The maximum Gasteiger partial charge on any atom is 0.224 e. The zero-order chi connectivity index (χ0) is 13.4. The summed E-state index contributed by atoms with van der Waals surface area (Å²) in [6.45, 7) is 9.41. The molecule has 0 aromatic heterocycles. The Bertz CT molecular complexity index is 247. The molecule has 1 fully saturated rings. The molecule has 1 saturated heterocycles. The van der Waals surface area contributed by atoms with Gasteiger partial charge in [0.2, 0.25) is 5.91 Å². The Balaban J connectivity index is 0. The first-order chi connectivity index (χ1) is 8.63. The number of carbonyl (C=O) groups excluding carboxylic acids is 1. The number of nitrogens with one attached hydrogen (secondary N) is 2. The van der Waals surface area contributed by atoms with Gasteiger partial charge >= 0.3 is 0 Å². The van der Waals surface area contributed by atoms with Crippen LogP contribution in [0.5, 0.6) is 0 Å². The quantitative estimate of drug-likeness (QED) is 0.702. The van der Waals surface area contributed by atoms with Crippen LogP contribution in [0.25, 0.3) is 0 Å². The van der Waals surface area contributed by atoms with E-state index in [1.165, 1.54) is 25.9 Å². The Kier molecular flexibility index (Phi) is 14.1. The van der Waals surface area contributed by atoms with Gasteiger partial charge < -0.3 is 15.5 Å². The first-order valence-electron chi connectivity index (χ1n) is 7.28. The second-order valence-corrected chi connectivity index (χ2v) is 5.63. The summed E-state index contributed by atoms with van der Waals surface area (Å²) in [6, 6.07) is 0. The van der Waals surface area contributed by atoms with E-state index in [0.717, 1.165) is 32.0 Å². The highest BCUT2D eigenvalue weighted by molar-refractivity contribution is 5.85. The van der Waals surface area contributed by atoms with Crippen molar-refractivity contribution in [3.8, 4) is 0 Å². The number of carbonyl (C=O) groups is 1. The Labute approximate surface area is 136 Å². The number of amides is 1. The zero-order valence-electron chi connectivity index (χ0n) is 13.0. The molecular weight excluding hydrogens is 297 g/mol. The molecule has 0 radical (unpaired) electrons. The lowest BCUT2D eigenvalue weighted by Crippen LogP contribution is -2.37. The molecule has 6 heteroatoms. The molecule has 0 aliphatic carbocycles. The van der Waals surface area contributed by atoms with Gasteiger partial charge in [0.05, 0.1) is 0 Å². The van der Waals surface area contributed by atoms with E-state index in [0.29, 0.717) is 0 Å². The van der Waals surface area contributed by atoms with Crippen LogP contribution in [0.1, 0.15) is 33.1 Å². The van der Waals surface area contributed by atoms with Crippen molar-refractivity contribution in [3.05, 3.63) is 0 Å². The molecule has 0 saturated carbocycles. The molecule has 1 aliphatic rings. The number of hydrogen-bond donors (Lipinski definition) is 2. The monoisotopic (exact) mass is 327 g/mol. The maximum atomic E-state index is 11.7. The first-order valence-corrected chi connectivity index (χ1v) is 7.28. The summed E-state index contributed by atoms with van der Waals surface area (Å²) in [5.41, 5.74) is 0. The van der Waals surface area contributed by atoms with Gasteiger partial charge in [-0.05, 0) is 51.9 Å². The number of nitrogens with zero attached hydrogens (tertiary/aromatic N) is 1. The zero-order valence-corrected chi connectivity index (χ0v) is 14.6. The molecule has 1 heterocycles. The highest BCUT2D eigenvalue weighted by Crippen LogP contribution is 2.15. The van der Waals surface area contributed by atoms with Crippen molar-refractivity contribution in [2.75, 3.05) is 39.8 Å². The summed E-state index contributed by atoms with van der Waals surface area (Å²) >= 11 is 0. The summed E-state index contributed by atoms with van der Waals surface area (Å²) in [6.07, 6.45) is 3.71. The third-order valence-corrected chi connectivity index (χ3v) is 3.78. The fourth-order valence-electron chi connectivity index (χ4n) is 2.37. The molecule has 2 N–H and O–H groups in total. The van der Waals surface area contributed by atoms with Gasteiger partial charge in [-0.2, -0.15) is 0 Å². The first kappa shape index (κ1) is 22.3. The molecule has 0 bridgehead atoms. The van der Waals surface area contributed by atoms with E-state index < -0.39 is 0 Å². The molecule has 4 nitrogen and oxygen atoms in total. The van der Waals surface area contributed by atoms with E-state index in [1.54, 1.807) is 0 Å². The van der Waals surface area contributed by atoms with Crippen LogP contribution in [0.15, 0.2) is 0 Å². The summed E-state index contributed by atoms with van der Waals surface area (Å²) in [5.74, 6) is 1.12. The second kappa shape index (κ2) is 12.7. The minimum Gasteiger partial charge on any atom is -0.356 e. The highest BCUT2D eigenvalue weighted by atomic mass is 35.5. The lowest BCUT2D eigenvalue weighted by molar-refractivity contribution is -0.124. The Hall–Kier alpha value is -0.0300. The Morgan fingerprint density at radius 2 is 1.90 bits per heavy atom. The van der Waals surface area contributed by atoms with Crippen LogP contribution in [0.4, 0.5) is 0 Å². The molecule has 1 aliphatic heterocycles. The fraction of sp³-hybridized carbons (Fsp3) is 0.929. The molecule has 0 aromatic rings. The van der Waals surface area contributed by atoms with Crippen LogP contribution in [-0.2, 0) is 4.79 Å². The molecule has 1 amide bonds. The van der Waals surface area contributed by atoms with Crippen molar-refractivity contribution >= 4 is 30.7 Å². The third kappa shape index (κ3) is 9.01. The summed E-state index contributed by atoms with van der Waals surface area (Å²) in [4.78, 5) is 14.2. The van der Waals surface area contributed by atoms with Crippen LogP contribution < -0.4 is 10.6 Å². The van der Waals surface area contributed by atoms with Crippen LogP contribution >= 0.6 is 24.8 Å². The predicted molar refractivity (Wildman–Crippen MR) is 90.1 cm³/mol. The number of piperidine rings is 1. The van der Waals surface area contributed by atoms with E-state index in [1.807, 2.05) is 14.0 Å². The van der Waals surface area contributed by atoms with Gasteiger partial charge in [0.25, 0.3) is 0 Å². The van der Waals surface area contributed by atoms with E-state index in [9.17, 15) is 4.79 Å². The van der Waals surface area contributed by atoms with Crippen LogP contribution in [0.3, 0.4) is 0 Å². The average Bonchev–Trinajstić information content (AvgIpc) is 2.36. The average molecular weight is 328 g/mol. The largest absolute Gasteiger partial charge is 0.356 e. The smallest absolute Gasteiger partial charge is 0.224 e. The van der Waals surface area contributed by atoms with E-state index in [-0.39, 0.29) is 36.6 Å². The summed E-state index contributed by atoms with van der Waals surface area (Å²) < 4.78 is 0. The van der Waals surface area contributed by atoms with Gasteiger partial charge in [0, 0.05) is 19.0 Å². The normalized spacial score (nSPS) is 17.8. The van der Waals surface area contributed by atoms with Crippen molar-refractivity contribution in [1.29, 1.82) is 0 Å².